The van der Waals surface area contributed by atoms with Crippen LogP contribution in [0, 0.1) is 10.7 Å². The fourth-order valence-corrected chi connectivity index (χ4v) is 1.55. The Balaban J connectivity index is 2.43. The minimum absolute atomic E-state index is 0.00266. The highest BCUT2D eigenvalue weighted by molar-refractivity contribution is 7.71. The van der Waals surface area contributed by atoms with Crippen LogP contribution in [0.5, 0.6) is 0 Å². The van der Waals surface area contributed by atoms with Gasteiger partial charge in [-0.2, -0.15) is 0 Å². The van der Waals surface area contributed by atoms with Gasteiger partial charge >= 0.3 is 0 Å². The Labute approximate surface area is 94.9 Å². The third-order valence-electron chi connectivity index (χ3n) is 2.03. The van der Waals surface area contributed by atoms with Crippen molar-refractivity contribution in [2.24, 2.45) is 5.92 Å². The summed E-state index contributed by atoms with van der Waals surface area (Å²) < 4.78 is 7.95. The molecule has 0 bridgehead atoms. The summed E-state index contributed by atoms with van der Waals surface area (Å²) in [6, 6.07) is 0. The molecular formula is C10H18N2O2S. The number of rotatable bonds is 6. The number of nitrogens with one attached hydrogen (secondary N) is 1. The molecule has 4 nitrogen and oxygen atoms in total. The third kappa shape index (κ3) is 3.77. The molecule has 0 saturated heterocycles. The highest BCUT2D eigenvalue weighted by Gasteiger charge is 2.02. The molecule has 1 aromatic heterocycles. The van der Waals surface area contributed by atoms with Gasteiger partial charge < -0.3 is 19.4 Å². The fourth-order valence-electron chi connectivity index (χ4n) is 1.28. The van der Waals surface area contributed by atoms with Crippen molar-refractivity contribution >= 4 is 12.2 Å². The quantitative estimate of drug-likeness (QED) is 0.578. The smallest absolute Gasteiger partial charge is 0.177 e. The summed E-state index contributed by atoms with van der Waals surface area (Å²) in [4.78, 5) is 2.90. The number of imidazole rings is 1. The number of aliphatic hydroxyl groups is 1. The lowest BCUT2D eigenvalue weighted by Crippen LogP contribution is -2.11. The first-order valence-electron chi connectivity index (χ1n) is 5.10. The Kier molecular flexibility index (Phi) is 5.01. The molecule has 1 rings (SSSR count). The zero-order valence-electron chi connectivity index (χ0n) is 9.19. The Morgan fingerprint density at radius 2 is 2.33 bits per heavy atom. The van der Waals surface area contributed by atoms with E-state index in [0.717, 1.165) is 12.3 Å². The Morgan fingerprint density at radius 3 is 2.93 bits per heavy atom. The van der Waals surface area contributed by atoms with Gasteiger partial charge in [-0.05, 0) is 18.1 Å². The summed E-state index contributed by atoms with van der Waals surface area (Å²) in [6.45, 7) is 6.29. The van der Waals surface area contributed by atoms with E-state index in [4.69, 9.17) is 22.1 Å². The molecule has 0 aliphatic rings. The molecule has 0 aliphatic heterocycles. The van der Waals surface area contributed by atoms with Gasteiger partial charge in [-0.15, -0.1) is 0 Å². The van der Waals surface area contributed by atoms with Crippen molar-refractivity contribution in [1.82, 2.24) is 9.55 Å². The summed E-state index contributed by atoms with van der Waals surface area (Å²) in [6.07, 6.45) is 1.73. The Hall–Kier alpha value is -0.650. The van der Waals surface area contributed by atoms with E-state index in [9.17, 15) is 0 Å². The topological polar surface area (TPSA) is 50.2 Å². The van der Waals surface area contributed by atoms with Crippen LogP contribution in [0.15, 0.2) is 6.20 Å². The van der Waals surface area contributed by atoms with Crippen molar-refractivity contribution in [3.8, 4) is 0 Å². The zero-order chi connectivity index (χ0) is 11.3. The molecule has 1 heterocycles. The van der Waals surface area contributed by atoms with Gasteiger partial charge in [0.15, 0.2) is 4.77 Å². The van der Waals surface area contributed by atoms with Crippen LogP contribution < -0.4 is 0 Å². The molecule has 0 aliphatic carbocycles. The predicted molar refractivity (Wildman–Crippen MR) is 61.2 cm³/mol. The van der Waals surface area contributed by atoms with Crippen molar-refractivity contribution in [1.29, 1.82) is 0 Å². The van der Waals surface area contributed by atoms with E-state index >= 15 is 0 Å². The lowest BCUT2D eigenvalue weighted by Gasteiger charge is -2.09. The van der Waals surface area contributed by atoms with Gasteiger partial charge in [-0.3, -0.25) is 0 Å². The van der Waals surface area contributed by atoms with Crippen LogP contribution in [0.3, 0.4) is 0 Å². The zero-order valence-corrected chi connectivity index (χ0v) is 10.0. The maximum absolute atomic E-state index is 9.05. The van der Waals surface area contributed by atoms with E-state index in [1.807, 2.05) is 4.57 Å². The number of ether oxygens (including phenoxy) is 1. The highest BCUT2D eigenvalue weighted by atomic mass is 32.1. The number of hydrogen-bond acceptors (Lipinski definition) is 3. The largest absolute Gasteiger partial charge is 0.390 e. The molecule has 86 valence electrons. The first-order chi connectivity index (χ1) is 7.15. The van der Waals surface area contributed by atoms with E-state index < -0.39 is 0 Å². The van der Waals surface area contributed by atoms with E-state index in [1.165, 1.54) is 0 Å². The minimum Gasteiger partial charge on any atom is -0.390 e. The van der Waals surface area contributed by atoms with Crippen LogP contribution in [0.1, 0.15) is 19.5 Å². The molecule has 2 N–H and O–H groups in total. The lowest BCUT2D eigenvalue weighted by molar-refractivity contribution is 0.101. The molecule has 0 aromatic carbocycles. The molecule has 0 radical (unpaired) electrons. The van der Waals surface area contributed by atoms with Gasteiger partial charge in [0, 0.05) is 19.3 Å². The average Bonchev–Trinajstić information content (AvgIpc) is 2.54. The summed E-state index contributed by atoms with van der Waals surface area (Å²) in [5, 5.41) is 9.05. The highest BCUT2D eigenvalue weighted by Crippen LogP contribution is 2.02. The first-order valence-corrected chi connectivity index (χ1v) is 5.51. The van der Waals surface area contributed by atoms with Crippen molar-refractivity contribution in [3.05, 3.63) is 16.7 Å². The van der Waals surface area contributed by atoms with Crippen LogP contribution in [-0.4, -0.2) is 27.9 Å². The Morgan fingerprint density at radius 1 is 1.60 bits per heavy atom. The normalized spacial score (nSPS) is 11.2. The molecule has 0 amide bonds. The standard InChI is InChI=1S/C10H18N2O2S/c1-8(2)7-14-4-3-12-9(6-13)5-11-10(12)15/h5,8,13H,3-4,6-7H2,1-2H3,(H,11,15). The number of hydrogen-bond donors (Lipinski definition) is 2. The maximum atomic E-state index is 9.05. The maximum Gasteiger partial charge on any atom is 0.177 e. The summed E-state index contributed by atoms with van der Waals surface area (Å²) in [7, 11) is 0. The number of aliphatic hydroxyl groups excluding tert-OH is 1. The number of H-pyrrole nitrogens is 1. The molecule has 15 heavy (non-hydrogen) atoms. The van der Waals surface area contributed by atoms with Crippen LogP contribution >= 0.6 is 12.2 Å². The first kappa shape index (κ1) is 12.4. The third-order valence-corrected chi connectivity index (χ3v) is 2.36. The van der Waals surface area contributed by atoms with Crippen LogP contribution in [0.25, 0.3) is 0 Å². The molecule has 0 spiro atoms. The molecule has 0 atom stereocenters. The van der Waals surface area contributed by atoms with Crippen molar-refractivity contribution in [2.75, 3.05) is 13.2 Å². The van der Waals surface area contributed by atoms with E-state index in [1.54, 1.807) is 6.20 Å². The van der Waals surface area contributed by atoms with Gasteiger partial charge in [0.25, 0.3) is 0 Å². The summed E-state index contributed by atoms with van der Waals surface area (Å²) in [5.74, 6) is 0.543. The SMILES string of the molecule is CC(C)COCCn1c(CO)c[nH]c1=S. The second kappa shape index (κ2) is 6.05. The number of aromatic nitrogens is 2. The summed E-state index contributed by atoms with van der Waals surface area (Å²) in [5.41, 5.74) is 0.799. The number of nitrogens with zero attached hydrogens (tertiary/aromatic N) is 1. The van der Waals surface area contributed by atoms with Gasteiger partial charge in [0.1, 0.15) is 0 Å². The van der Waals surface area contributed by atoms with Gasteiger partial charge in [-0.25, -0.2) is 0 Å². The van der Waals surface area contributed by atoms with E-state index in [-0.39, 0.29) is 6.61 Å². The van der Waals surface area contributed by atoms with Crippen molar-refractivity contribution < 1.29 is 9.84 Å². The Bertz CT molecular complexity index is 343. The van der Waals surface area contributed by atoms with Gasteiger partial charge in [0.05, 0.1) is 18.9 Å². The predicted octanol–water partition coefficient (Wildman–Crippen LogP) is 1.71. The molecular weight excluding hydrogens is 212 g/mol. The lowest BCUT2D eigenvalue weighted by atomic mass is 10.2. The van der Waals surface area contributed by atoms with Gasteiger partial charge in [-0.1, -0.05) is 13.8 Å². The molecule has 1 aromatic rings. The fraction of sp³-hybridized carbons (Fsp3) is 0.700. The monoisotopic (exact) mass is 230 g/mol. The van der Waals surface area contributed by atoms with E-state index in [0.29, 0.717) is 23.8 Å². The molecule has 0 saturated carbocycles. The van der Waals surface area contributed by atoms with E-state index in [2.05, 4.69) is 18.8 Å². The van der Waals surface area contributed by atoms with Crippen LogP contribution in [0.2, 0.25) is 0 Å². The molecule has 0 unspecified atom stereocenters. The summed E-state index contributed by atoms with van der Waals surface area (Å²) >= 11 is 5.08. The minimum atomic E-state index is -0.00266. The van der Waals surface area contributed by atoms with Crippen molar-refractivity contribution in [3.63, 3.8) is 0 Å². The molecule has 5 heteroatoms. The van der Waals surface area contributed by atoms with Crippen LogP contribution in [0.4, 0.5) is 0 Å². The average molecular weight is 230 g/mol. The number of aromatic amines is 1. The second-order valence-electron chi connectivity index (χ2n) is 3.86. The van der Waals surface area contributed by atoms with Gasteiger partial charge in [0.2, 0.25) is 0 Å². The van der Waals surface area contributed by atoms with Crippen LogP contribution in [-0.2, 0) is 17.9 Å². The molecule has 0 fully saturated rings. The second-order valence-corrected chi connectivity index (χ2v) is 4.25. The van der Waals surface area contributed by atoms with Crippen molar-refractivity contribution in [2.45, 2.75) is 27.0 Å².